The van der Waals surface area contributed by atoms with Crippen molar-refractivity contribution in [1.29, 1.82) is 0 Å². The molecule has 0 saturated carbocycles. The van der Waals surface area contributed by atoms with Gasteiger partial charge in [-0.05, 0) is 25.7 Å². The van der Waals surface area contributed by atoms with Crippen molar-refractivity contribution < 1.29 is 9.16 Å². The van der Waals surface area contributed by atoms with Crippen LogP contribution in [-0.4, -0.2) is 15.4 Å². The Balaban J connectivity index is 2.67. The Labute approximate surface area is 87.0 Å². The summed E-state index contributed by atoms with van der Waals surface area (Å²) in [5.41, 5.74) is 1.12. The van der Waals surface area contributed by atoms with Crippen molar-refractivity contribution >= 4 is 8.32 Å². The van der Waals surface area contributed by atoms with Crippen molar-refractivity contribution in [2.75, 3.05) is 7.11 Å². The maximum atomic E-state index is 5.82. The highest BCUT2D eigenvalue weighted by Gasteiger charge is 2.14. The first kappa shape index (κ1) is 11.3. The van der Waals surface area contributed by atoms with E-state index in [-0.39, 0.29) is 0 Å². The van der Waals surface area contributed by atoms with Crippen LogP contribution < -0.4 is 4.74 Å². The minimum absolute atomic E-state index is 0.653. The lowest BCUT2D eigenvalue weighted by Crippen LogP contribution is -2.24. The highest BCUT2D eigenvalue weighted by molar-refractivity contribution is 6.69. The van der Waals surface area contributed by atoms with Gasteiger partial charge in [0.2, 0.25) is 0 Å². The highest BCUT2D eigenvalue weighted by Crippen LogP contribution is 2.19. The second-order valence-electron chi connectivity index (χ2n) is 4.21. The molecule has 0 amide bonds. The maximum Gasteiger partial charge on any atom is 0.184 e. The Hall–Kier alpha value is -0.803. The summed E-state index contributed by atoms with van der Waals surface area (Å²) in [6, 6.07) is 7.98. The highest BCUT2D eigenvalue weighted by atomic mass is 28.4. The van der Waals surface area contributed by atoms with Crippen molar-refractivity contribution in [2.24, 2.45) is 0 Å². The molecule has 1 aromatic rings. The SMILES string of the molecule is COc1ccccc1CO[Si](C)(C)C. The molecule has 0 bridgehead atoms. The second kappa shape index (κ2) is 4.62. The topological polar surface area (TPSA) is 18.5 Å². The zero-order valence-electron chi connectivity index (χ0n) is 9.33. The van der Waals surface area contributed by atoms with E-state index in [1.54, 1.807) is 7.11 Å². The Morgan fingerprint density at radius 1 is 1.14 bits per heavy atom. The first-order valence-electron chi connectivity index (χ1n) is 4.79. The van der Waals surface area contributed by atoms with Crippen LogP contribution in [0, 0.1) is 0 Å². The van der Waals surface area contributed by atoms with Gasteiger partial charge in [0.05, 0.1) is 13.7 Å². The van der Waals surface area contributed by atoms with E-state index >= 15 is 0 Å². The molecule has 0 radical (unpaired) electrons. The molecule has 0 unspecified atom stereocenters. The molecule has 0 aliphatic rings. The summed E-state index contributed by atoms with van der Waals surface area (Å²) in [7, 11) is 0.257. The van der Waals surface area contributed by atoms with Gasteiger partial charge in [-0.3, -0.25) is 0 Å². The summed E-state index contributed by atoms with van der Waals surface area (Å²) < 4.78 is 11.1. The third-order valence-corrected chi connectivity index (χ3v) is 2.86. The Bertz CT molecular complexity index is 292. The van der Waals surface area contributed by atoms with Gasteiger partial charge in [-0.25, -0.2) is 0 Å². The first-order valence-corrected chi connectivity index (χ1v) is 8.19. The summed E-state index contributed by atoms with van der Waals surface area (Å²) in [6.45, 7) is 7.20. The van der Waals surface area contributed by atoms with E-state index in [0.29, 0.717) is 6.61 Å². The molecule has 0 N–H and O–H groups in total. The monoisotopic (exact) mass is 210 g/mol. The van der Waals surface area contributed by atoms with Crippen LogP contribution in [0.2, 0.25) is 19.6 Å². The first-order chi connectivity index (χ1) is 6.53. The minimum atomic E-state index is -1.43. The number of para-hydroxylation sites is 1. The normalized spacial score (nSPS) is 11.4. The van der Waals surface area contributed by atoms with Gasteiger partial charge < -0.3 is 9.16 Å². The molecule has 1 aromatic carbocycles. The molecular formula is C11H18O2Si. The number of ether oxygens (including phenoxy) is 1. The van der Waals surface area contributed by atoms with Gasteiger partial charge in [-0.15, -0.1) is 0 Å². The molecule has 3 heteroatoms. The number of methoxy groups -OCH3 is 1. The van der Waals surface area contributed by atoms with Crippen LogP contribution in [0.25, 0.3) is 0 Å². The van der Waals surface area contributed by atoms with Gasteiger partial charge in [0.15, 0.2) is 8.32 Å². The van der Waals surface area contributed by atoms with Gasteiger partial charge in [-0.1, -0.05) is 18.2 Å². The minimum Gasteiger partial charge on any atom is -0.496 e. The van der Waals surface area contributed by atoms with Crippen LogP contribution in [0.1, 0.15) is 5.56 Å². The number of hydrogen-bond acceptors (Lipinski definition) is 2. The summed E-state index contributed by atoms with van der Waals surface area (Å²) >= 11 is 0. The Morgan fingerprint density at radius 2 is 1.79 bits per heavy atom. The molecule has 2 nitrogen and oxygen atoms in total. The number of rotatable bonds is 4. The molecule has 14 heavy (non-hydrogen) atoms. The van der Waals surface area contributed by atoms with Crippen molar-refractivity contribution in [3.05, 3.63) is 29.8 Å². The van der Waals surface area contributed by atoms with E-state index in [9.17, 15) is 0 Å². The molecule has 0 atom stereocenters. The predicted molar refractivity (Wildman–Crippen MR) is 61.1 cm³/mol. The maximum absolute atomic E-state index is 5.82. The van der Waals surface area contributed by atoms with E-state index < -0.39 is 8.32 Å². The van der Waals surface area contributed by atoms with E-state index in [2.05, 4.69) is 19.6 Å². The molecule has 1 rings (SSSR count). The van der Waals surface area contributed by atoms with Crippen LogP contribution in [0.5, 0.6) is 5.75 Å². The fraction of sp³-hybridized carbons (Fsp3) is 0.455. The third kappa shape index (κ3) is 3.52. The van der Waals surface area contributed by atoms with Crippen molar-refractivity contribution in [3.8, 4) is 5.75 Å². The van der Waals surface area contributed by atoms with Crippen LogP contribution >= 0.6 is 0 Å². The lowest BCUT2D eigenvalue weighted by molar-refractivity contribution is 0.290. The number of benzene rings is 1. The van der Waals surface area contributed by atoms with Gasteiger partial charge in [0, 0.05) is 5.56 Å². The quantitative estimate of drug-likeness (QED) is 0.711. The van der Waals surface area contributed by atoms with E-state index in [1.807, 2.05) is 24.3 Å². The van der Waals surface area contributed by atoms with Crippen LogP contribution in [0.15, 0.2) is 24.3 Å². The Morgan fingerprint density at radius 3 is 2.36 bits per heavy atom. The van der Waals surface area contributed by atoms with Gasteiger partial charge >= 0.3 is 0 Å². The average molecular weight is 210 g/mol. The van der Waals surface area contributed by atoms with Crippen LogP contribution in [-0.2, 0) is 11.0 Å². The predicted octanol–water partition coefficient (Wildman–Crippen LogP) is 3.05. The molecule has 78 valence electrons. The van der Waals surface area contributed by atoms with Crippen molar-refractivity contribution in [2.45, 2.75) is 26.2 Å². The largest absolute Gasteiger partial charge is 0.496 e. The van der Waals surface area contributed by atoms with Crippen LogP contribution in [0.4, 0.5) is 0 Å². The molecule has 0 saturated heterocycles. The molecule has 0 heterocycles. The second-order valence-corrected chi connectivity index (χ2v) is 8.73. The third-order valence-electron chi connectivity index (χ3n) is 1.85. The fourth-order valence-electron chi connectivity index (χ4n) is 1.12. The van der Waals surface area contributed by atoms with Crippen molar-refractivity contribution in [3.63, 3.8) is 0 Å². The zero-order chi connectivity index (χ0) is 10.6. The number of hydrogen-bond donors (Lipinski definition) is 0. The molecule has 0 spiro atoms. The zero-order valence-corrected chi connectivity index (χ0v) is 10.3. The smallest absolute Gasteiger partial charge is 0.184 e. The molecule has 0 aromatic heterocycles. The van der Waals surface area contributed by atoms with Gasteiger partial charge in [0.1, 0.15) is 5.75 Å². The van der Waals surface area contributed by atoms with Gasteiger partial charge in [0.25, 0.3) is 0 Å². The lowest BCUT2D eigenvalue weighted by atomic mass is 10.2. The Kier molecular flexibility index (Phi) is 3.72. The van der Waals surface area contributed by atoms with Crippen LogP contribution in [0.3, 0.4) is 0 Å². The molecule has 0 aliphatic heterocycles. The summed E-state index contributed by atoms with van der Waals surface area (Å²) in [5.74, 6) is 0.908. The average Bonchev–Trinajstić information content (AvgIpc) is 2.14. The molecule has 0 aliphatic carbocycles. The van der Waals surface area contributed by atoms with Gasteiger partial charge in [-0.2, -0.15) is 0 Å². The summed E-state index contributed by atoms with van der Waals surface area (Å²) in [4.78, 5) is 0. The van der Waals surface area contributed by atoms with Crippen molar-refractivity contribution in [1.82, 2.24) is 0 Å². The summed E-state index contributed by atoms with van der Waals surface area (Å²) in [5, 5.41) is 0. The molecular weight excluding hydrogens is 192 g/mol. The van der Waals surface area contributed by atoms with E-state index in [0.717, 1.165) is 11.3 Å². The molecule has 0 fully saturated rings. The van der Waals surface area contributed by atoms with E-state index in [1.165, 1.54) is 0 Å². The van der Waals surface area contributed by atoms with E-state index in [4.69, 9.17) is 9.16 Å². The lowest BCUT2D eigenvalue weighted by Gasteiger charge is -2.18. The summed E-state index contributed by atoms with van der Waals surface area (Å²) in [6.07, 6.45) is 0. The standard InChI is InChI=1S/C11H18O2Si/c1-12-11-8-6-5-7-10(11)9-13-14(2,3)4/h5-8H,9H2,1-4H3. The fourth-order valence-corrected chi connectivity index (χ4v) is 1.70.